The Balaban J connectivity index is 2.83. The van der Waals surface area contributed by atoms with Crippen LogP contribution in [0.4, 0.5) is 0 Å². The largest absolute Gasteiger partial charge is 0.489 e. The van der Waals surface area contributed by atoms with Gasteiger partial charge in [0.1, 0.15) is 0 Å². The Morgan fingerprint density at radius 1 is 1.36 bits per heavy atom. The third-order valence-electron chi connectivity index (χ3n) is 1.93. The fraction of sp³-hybridized carbons (Fsp3) is 0. The lowest BCUT2D eigenvalue weighted by Crippen LogP contribution is -2.30. The third-order valence-corrected chi connectivity index (χ3v) is 3.84. The van der Waals surface area contributed by atoms with Crippen LogP contribution < -0.4 is 5.46 Å². The summed E-state index contributed by atoms with van der Waals surface area (Å²) in [6.45, 7) is 0. The van der Waals surface area contributed by atoms with Crippen molar-refractivity contribution in [3.63, 3.8) is 0 Å². The zero-order valence-electron chi connectivity index (χ0n) is 6.94. The minimum atomic E-state index is -1.46. The molecule has 1 aromatic carbocycles. The molecule has 0 aliphatic heterocycles. The van der Waals surface area contributed by atoms with Crippen LogP contribution >= 0.6 is 39.9 Å². The van der Waals surface area contributed by atoms with E-state index in [1.165, 1.54) is 11.3 Å². The van der Waals surface area contributed by atoms with Gasteiger partial charge in [-0.05, 0) is 17.6 Å². The first-order valence-electron chi connectivity index (χ1n) is 3.85. The number of fused-ring (bicyclic) bond motifs is 1. The maximum absolute atomic E-state index is 9.19. The topological polar surface area (TPSA) is 40.5 Å². The molecule has 0 saturated heterocycles. The fourth-order valence-corrected chi connectivity index (χ4v) is 3.36. The first kappa shape index (κ1) is 10.5. The maximum Gasteiger partial charge on any atom is 0.489 e. The lowest BCUT2D eigenvalue weighted by Gasteiger charge is -2.03. The van der Waals surface area contributed by atoms with E-state index in [1.807, 2.05) is 11.4 Å². The minimum Gasteiger partial charge on any atom is -0.423 e. The summed E-state index contributed by atoms with van der Waals surface area (Å²) in [6.07, 6.45) is 0. The molecule has 2 N–H and O–H groups in total. The summed E-state index contributed by atoms with van der Waals surface area (Å²) in [5.41, 5.74) is 0.487. The van der Waals surface area contributed by atoms with Crippen molar-refractivity contribution in [2.24, 2.45) is 0 Å². The molecule has 0 unspecified atom stereocenters. The van der Waals surface area contributed by atoms with Crippen molar-refractivity contribution in [1.29, 1.82) is 0 Å². The van der Waals surface area contributed by atoms with Crippen LogP contribution in [-0.2, 0) is 0 Å². The fourth-order valence-electron chi connectivity index (χ4n) is 1.35. The molecule has 2 aromatic rings. The molecule has 0 atom stereocenters. The van der Waals surface area contributed by atoms with Gasteiger partial charge in [-0.25, -0.2) is 0 Å². The molecule has 0 aliphatic rings. The number of benzene rings is 1. The number of thiol groups is 1. The molecule has 0 radical (unpaired) electrons. The Morgan fingerprint density at radius 2 is 2.07 bits per heavy atom. The van der Waals surface area contributed by atoms with E-state index in [2.05, 4.69) is 28.6 Å². The first-order valence-corrected chi connectivity index (χ1v) is 5.97. The van der Waals surface area contributed by atoms with Crippen LogP contribution in [0.1, 0.15) is 0 Å². The van der Waals surface area contributed by atoms with Crippen LogP contribution in [0.15, 0.2) is 26.9 Å². The number of hydrogen-bond acceptors (Lipinski definition) is 4. The Bertz CT molecular complexity index is 483. The maximum atomic E-state index is 9.19. The summed E-state index contributed by atoms with van der Waals surface area (Å²) in [5.74, 6) is 0. The van der Waals surface area contributed by atoms with Crippen molar-refractivity contribution >= 4 is 62.6 Å². The highest BCUT2D eigenvalue weighted by Crippen LogP contribution is 2.29. The molecule has 6 heteroatoms. The number of halogens is 1. The summed E-state index contributed by atoms with van der Waals surface area (Å²) < 4.78 is 1.83. The van der Waals surface area contributed by atoms with Crippen LogP contribution in [0, 0.1) is 0 Å². The summed E-state index contributed by atoms with van der Waals surface area (Å²) in [6, 6.07) is 3.63. The molecule has 2 nitrogen and oxygen atoms in total. The predicted octanol–water partition coefficient (Wildman–Crippen LogP) is 1.63. The normalized spacial score (nSPS) is 10.9. The van der Waals surface area contributed by atoms with Gasteiger partial charge in [-0.2, -0.15) is 0 Å². The summed E-state index contributed by atoms with van der Waals surface area (Å²) in [5, 5.41) is 21.1. The molecular formula is C8H6BBrO2S2. The van der Waals surface area contributed by atoms with E-state index in [1.54, 1.807) is 6.07 Å². The van der Waals surface area contributed by atoms with Crippen molar-refractivity contribution in [3.05, 3.63) is 22.0 Å². The lowest BCUT2D eigenvalue weighted by molar-refractivity contribution is 0.426. The predicted molar refractivity (Wildman–Crippen MR) is 66.6 cm³/mol. The number of thiophene rings is 1. The molecule has 0 spiro atoms. The molecule has 0 aliphatic carbocycles. The van der Waals surface area contributed by atoms with Crippen molar-refractivity contribution in [2.75, 3.05) is 0 Å². The van der Waals surface area contributed by atoms with Gasteiger partial charge in [-0.15, -0.1) is 24.0 Å². The van der Waals surface area contributed by atoms with Gasteiger partial charge < -0.3 is 10.0 Å². The summed E-state index contributed by atoms with van der Waals surface area (Å²) in [4.78, 5) is 0.778. The van der Waals surface area contributed by atoms with E-state index in [9.17, 15) is 10.0 Å². The number of rotatable bonds is 1. The molecule has 0 fully saturated rings. The lowest BCUT2D eigenvalue weighted by atomic mass is 9.78. The highest BCUT2D eigenvalue weighted by Gasteiger charge is 2.18. The van der Waals surface area contributed by atoms with Gasteiger partial charge in [0.15, 0.2) is 0 Å². The van der Waals surface area contributed by atoms with Gasteiger partial charge in [0.25, 0.3) is 0 Å². The second-order valence-corrected chi connectivity index (χ2v) is 5.17. The first-order chi connectivity index (χ1) is 6.59. The smallest absolute Gasteiger partial charge is 0.423 e. The average Bonchev–Trinajstić information content (AvgIpc) is 2.46. The molecule has 72 valence electrons. The molecule has 0 amide bonds. The molecule has 2 rings (SSSR count). The van der Waals surface area contributed by atoms with E-state index >= 15 is 0 Å². The van der Waals surface area contributed by atoms with Gasteiger partial charge in [-0.1, -0.05) is 15.9 Å². The molecular weight excluding hydrogens is 283 g/mol. The Morgan fingerprint density at radius 3 is 2.71 bits per heavy atom. The highest BCUT2D eigenvalue weighted by atomic mass is 79.9. The molecule has 0 bridgehead atoms. The van der Waals surface area contributed by atoms with Gasteiger partial charge in [0.05, 0.1) is 0 Å². The quantitative estimate of drug-likeness (QED) is 0.551. The standard InChI is InChI=1S/C8H6BBrO2S2/c10-4-1-5(9(11)12)8-6(13)3-14-7(8)2-4/h1-3,11-13H. The van der Waals surface area contributed by atoms with Crippen molar-refractivity contribution in [1.82, 2.24) is 0 Å². The Hall–Kier alpha value is -0.00506. The van der Waals surface area contributed by atoms with Crippen LogP contribution in [0.2, 0.25) is 0 Å². The van der Waals surface area contributed by atoms with Crippen LogP contribution in [-0.4, -0.2) is 17.2 Å². The Kier molecular flexibility index (Phi) is 2.90. The molecule has 14 heavy (non-hydrogen) atoms. The second kappa shape index (κ2) is 3.86. The van der Waals surface area contributed by atoms with E-state index in [0.717, 1.165) is 19.5 Å². The SMILES string of the molecule is OB(O)c1cc(Br)cc2scc(S)c12. The highest BCUT2D eigenvalue weighted by molar-refractivity contribution is 9.10. The van der Waals surface area contributed by atoms with Crippen molar-refractivity contribution in [3.8, 4) is 0 Å². The zero-order chi connectivity index (χ0) is 10.3. The van der Waals surface area contributed by atoms with Gasteiger partial charge in [-0.3, -0.25) is 0 Å². The van der Waals surface area contributed by atoms with Crippen LogP contribution in [0.3, 0.4) is 0 Å². The average molecular weight is 289 g/mol. The second-order valence-electron chi connectivity index (χ2n) is 2.86. The zero-order valence-corrected chi connectivity index (χ0v) is 10.2. The van der Waals surface area contributed by atoms with E-state index in [0.29, 0.717) is 5.46 Å². The van der Waals surface area contributed by atoms with E-state index < -0.39 is 7.12 Å². The van der Waals surface area contributed by atoms with E-state index in [4.69, 9.17) is 0 Å². The monoisotopic (exact) mass is 288 g/mol. The molecule has 1 aromatic heterocycles. The van der Waals surface area contributed by atoms with Crippen LogP contribution in [0.5, 0.6) is 0 Å². The van der Waals surface area contributed by atoms with Crippen LogP contribution in [0.25, 0.3) is 10.1 Å². The molecule has 1 heterocycles. The Labute approximate surface area is 99.3 Å². The van der Waals surface area contributed by atoms with Gasteiger partial charge >= 0.3 is 7.12 Å². The van der Waals surface area contributed by atoms with E-state index in [-0.39, 0.29) is 0 Å². The van der Waals surface area contributed by atoms with Gasteiger partial charge in [0, 0.05) is 24.8 Å². The third kappa shape index (κ3) is 1.72. The molecule has 0 saturated carbocycles. The number of hydrogen-bond donors (Lipinski definition) is 3. The minimum absolute atomic E-state index is 0.487. The van der Waals surface area contributed by atoms with Crippen molar-refractivity contribution in [2.45, 2.75) is 4.90 Å². The van der Waals surface area contributed by atoms with Gasteiger partial charge in [0.2, 0.25) is 0 Å². The summed E-state index contributed by atoms with van der Waals surface area (Å²) in [7, 11) is -1.46. The van der Waals surface area contributed by atoms with Crippen molar-refractivity contribution < 1.29 is 10.0 Å². The summed E-state index contributed by atoms with van der Waals surface area (Å²) >= 11 is 9.12.